The molecule has 0 unspecified atom stereocenters. The van der Waals surface area contributed by atoms with Crippen LogP contribution < -0.4 is 0 Å². The van der Waals surface area contributed by atoms with E-state index < -0.39 is 0 Å². The maximum atomic E-state index is 12.1. The average molecular weight is 344 g/mol. The first-order valence-electron chi connectivity index (χ1n) is 10.2. The first-order chi connectivity index (χ1) is 11.8. The highest BCUT2D eigenvalue weighted by Gasteiger charge is 2.61. The lowest BCUT2D eigenvalue weighted by Crippen LogP contribution is -2.54. The van der Waals surface area contributed by atoms with E-state index in [1.54, 1.807) is 6.92 Å². The van der Waals surface area contributed by atoms with Gasteiger partial charge in [0.2, 0.25) is 0 Å². The number of ether oxygens (including phenoxy) is 1. The Kier molecular flexibility index (Phi) is 3.94. The SMILES string of the molecule is CC(=O)O[C@H]1CC[C@H]2[C@@H]3CC[C@@H]4CC(=O)C=C(C)[C@]4(C)[C@H]3CC[C@]12C. The van der Waals surface area contributed by atoms with Crippen molar-refractivity contribution in [2.45, 2.75) is 78.7 Å². The van der Waals surface area contributed by atoms with Gasteiger partial charge in [0.25, 0.3) is 0 Å². The Bertz CT molecular complexity index is 635. The van der Waals surface area contributed by atoms with Crippen molar-refractivity contribution >= 4 is 11.8 Å². The van der Waals surface area contributed by atoms with E-state index in [9.17, 15) is 9.59 Å². The van der Waals surface area contributed by atoms with Crippen molar-refractivity contribution < 1.29 is 14.3 Å². The largest absolute Gasteiger partial charge is 0.462 e. The van der Waals surface area contributed by atoms with Crippen molar-refractivity contribution in [1.82, 2.24) is 0 Å². The smallest absolute Gasteiger partial charge is 0.302 e. The van der Waals surface area contributed by atoms with E-state index in [-0.39, 0.29) is 22.9 Å². The van der Waals surface area contributed by atoms with Gasteiger partial charge in [0.15, 0.2) is 5.78 Å². The van der Waals surface area contributed by atoms with Gasteiger partial charge in [0, 0.05) is 18.8 Å². The molecule has 0 radical (unpaired) electrons. The van der Waals surface area contributed by atoms with Gasteiger partial charge in [-0.05, 0) is 80.6 Å². The van der Waals surface area contributed by atoms with E-state index in [2.05, 4.69) is 20.8 Å². The molecule has 3 nitrogen and oxygen atoms in total. The third-order valence-electron chi connectivity index (χ3n) is 8.80. The van der Waals surface area contributed by atoms with Gasteiger partial charge < -0.3 is 4.74 Å². The van der Waals surface area contributed by atoms with Crippen LogP contribution in [0.4, 0.5) is 0 Å². The number of rotatable bonds is 1. The molecule has 3 heteroatoms. The van der Waals surface area contributed by atoms with Gasteiger partial charge in [-0.3, -0.25) is 9.59 Å². The minimum absolute atomic E-state index is 0.103. The fourth-order valence-electron chi connectivity index (χ4n) is 7.40. The second-order valence-corrected chi connectivity index (χ2v) is 9.65. The molecule has 0 spiro atoms. The Morgan fingerprint density at radius 2 is 1.88 bits per heavy atom. The zero-order valence-electron chi connectivity index (χ0n) is 16.1. The highest BCUT2D eigenvalue weighted by atomic mass is 16.5. The average Bonchev–Trinajstić information content (AvgIpc) is 2.85. The summed E-state index contributed by atoms with van der Waals surface area (Å²) in [6.45, 7) is 8.54. The van der Waals surface area contributed by atoms with Gasteiger partial charge in [0.1, 0.15) is 6.10 Å². The first kappa shape index (κ1) is 17.3. The van der Waals surface area contributed by atoms with Gasteiger partial charge in [0.05, 0.1) is 0 Å². The molecular weight excluding hydrogens is 312 g/mol. The van der Waals surface area contributed by atoms with Crippen molar-refractivity contribution in [2.24, 2.45) is 34.5 Å². The zero-order valence-corrected chi connectivity index (χ0v) is 16.1. The summed E-state index contributed by atoms with van der Waals surface area (Å²) in [5.41, 5.74) is 1.66. The van der Waals surface area contributed by atoms with E-state index in [0.717, 1.165) is 25.2 Å². The number of fused-ring (bicyclic) bond motifs is 5. The van der Waals surface area contributed by atoms with Gasteiger partial charge >= 0.3 is 5.97 Å². The number of carbonyl (C=O) groups is 2. The molecule has 3 fully saturated rings. The molecule has 4 aliphatic carbocycles. The first-order valence-corrected chi connectivity index (χ1v) is 10.2. The van der Waals surface area contributed by atoms with E-state index in [4.69, 9.17) is 4.74 Å². The number of hydrogen-bond donors (Lipinski definition) is 0. The fourth-order valence-corrected chi connectivity index (χ4v) is 7.40. The molecule has 0 aromatic rings. The number of hydrogen-bond acceptors (Lipinski definition) is 3. The molecule has 7 atom stereocenters. The predicted molar refractivity (Wildman–Crippen MR) is 96.8 cm³/mol. The maximum absolute atomic E-state index is 12.1. The third kappa shape index (κ3) is 2.37. The lowest BCUT2D eigenvalue weighted by atomic mass is 9.45. The summed E-state index contributed by atoms with van der Waals surface area (Å²) in [7, 11) is 0. The van der Waals surface area contributed by atoms with Gasteiger partial charge in [-0.25, -0.2) is 0 Å². The number of allylic oxidation sites excluding steroid dienone is 2. The molecule has 0 saturated heterocycles. The quantitative estimate of drug-likeness (QED) is 0.648. The van der Waals surface area contributed by atoms with Crippen LogP contribution in [0.2, 0.25) is 0 Å². The molecule has 0 heterocycles. The fraction of sp³-hybridized carbons (Fsp3) is 0.818. The Balaban J connectivity index is 1.65. The highest BCUT2D eigenvalue weighted by Crippen LogP contribution is 2.66. The molecule has 0 aliphatic heterocycles. The van der Waals surface area contributed by atoms with Crippen LogP contribution in [-0.4, -0.2) is 17.9 Å². The van der Waals surface area contributed by atoms with Crippen LogP contribution in [-0.2, 0) is 14.3 Å². The summed E-state index contributed by atoms with van der Waals surface area (Å²) < 4.78 is 5.74. The molecule has 0 aromatic carbocycles. The summed E-state index contributed by atoms with van der Waals surface area (Å²) >= 11 is 0. The number of ketones is 1. The summed E-state index contributed by atoms with van der Waals surface area (Å²) in [6, 6.07) is 0. The van der Waals surface area contributed by atoms with Crippen LogP contribution in [0.1, 0.15) is 72.6 Å². The predicted octanol–water partition coefficient (Wildman–Crippen LogP) is 4.70. The van der Waals surface area contributed by atoms with E-state index >= 15 is 0 Å². The minimum atomic E-state index is -0.130. The van der Waals surface area contributed by atoms with Crippen molar-refractivity contribution in [2.75, 3.05) is 0 Å². The van der Waals surface area contributed by atoms with Crippen molar-refractivity contribution in [3.05, 3.63) is 11.6 Å². The van der Waals surface area contributed by atoms with Crippen LogP contribution in [0.15, 0.2) is 11.6 Å². The Morgan fingerprint density at radius 1 is 1.12 bits per heavy atom. The normalized spacial score (nSPS) is 48.9. The molecule has 0 aromatic heterocycles. The summed E-state index contributed by atoms with van der Waals surface area (Å²) in [5.74, 6) is 2.80. The molecule has 0 N–H and O–H groups in total. The van der Waals surface area contributed by atoms with E-state index in [0.29, 0.717) is 23.5 Å². The van der Waals surface area contributed by atoms with Crippen molar-refractivity contribution in [1.29, 1.82) is 0 Å². The van der Waals surface area contributed by atoms with Crippen LogP contribution in [0.3, 0.4) is 0 Å². The maximum Gasteiger partial charge on any atom is 0.302 e. The van der Waals surface area contributed by atoms with Gasteiger partial charge in [-0.1, -0.05) is 19.4 Å². The second-order valence-electron chi connectivity index (χ2n) is 9.65. The lowest BCUT2D eigenvalue weighted by molar-refractivity contribution is -0.158. The van der Waals surface area contributed by atoms with Crippen LogP contribution in [0.5, 0.6) is 0 Å². The van der Waals surface area contributed by atoms with Gasteiger partial charge in [-0.2, -0.15) is 0 Å². The molecule has 0 amide bonds. The molecule has 4 aliphatic rings. The monoisotopic (exact) mass is 344 g/mol. The Hall–Kier alpha value is -1.12. The second kappa shape index (κ2) is 5.69. The lowest BCUT2D eigenvalue weighted by Gasteiger charge is -2.60. The van der Waals surface area contributed by atoms with E-state index in [1.807, 2.05) is 6.08 Å². The summed E-state index contributed by atoms with van der Waals surface area (Å²) in [4.78, 5) is 23.6. The molecular formula is C22H32O3. The molecule has 25 heavy (non-hydrogen) atoms. The van der Waals surface area contributed by atoms with Crippen LogP contribution >= 0.6 is 0 Å². The standard InChI is InChI=1S/C22H32O3/c1-13-11-16(24)12-15-5-6-17-18-7-8-20(25-14(2)23)21(18,3)10-9-19(17)22(13,15)4/h11,15,17-20H,5-10,12H2,1-4H3/t15-,17+,18+,19+,20+,21+,22+/m1/s1. The topological polar surface area (TPSA) is 43.4 Å². The van der Waals surface area contributed by atoms with Gasteiger partial charge in [-0.15, -0.1) is 0 Å². The highest BCUT2D eigenvalue weighted by molar-refractivity contribution is 5.91. The summed E-state index contributed by atoms with van der Waals surface area (Å²) in [5, 5.41) is 0. The third-order valence-corrected chi connectivity index (χ3v) is 8.80. The molecule has 0 bridgehead atoms. The molecule has 3 saturated carbocycles. The number of esters is 1. The minimum Gasteiger partial charge on any atom is -0.462 e. The molecule has 4 rings (SSSR count). The van der Waals surface area contributed by atoms with E-state index in [1.165, 1.54) is 31.3 Å². The van der Waals surface area contributed by atoms with Crippen LogP contribution in [0.25, 0.3) is 0 Å². The summed E-state index contributed by atoms with van der Waals surface area (Å²) in [6.07, 6.45) is 9.79. The Morgan fingerprint density at radius 3 is 2.60 bits per heavy atom. The van der Waals surface area contributed by atoms with Crippen molar-refractivity contribution in [3.63, 3.8) is 0 Å². The zero-order chi connectivity index (χ0) is 18.0. The van der Waals surface area contributed by atoms with Crippen molar-refractivity contribution in [3.8, 4) is 0 Å². The molecule has 138 valence electrons. The number of carbonyl (C=O) groups excluding carboxylic acids is 2. The Labute approximate surface area is 151 Å². The van der Waals surface area contributed by atoms with Crippen LogP contribution in [0, 0.1) is 34.5 Å².